The molecule has 0 bridgehead atoms. The Morgan fingerprint density at radius 3 is 2.84 bits per heavy atom. The first-order valence-corrected chi connectivity index (χ1v) is 7.39. The highest BCUT2D eigenvalue weighted by atomic mass is 79.9. The highest BCUT2D eigenvalue weighted by molar-refractivity contribution is 9.10. The summed E-state index contributed by atoms with van der Waals surface area (Å²) in [6.45, 7) is 0.00818. The number of anilines is 1. The first-order valence-electron chi connectivity index (χ1n) is 5.12. The lowest BCUT2D eigenvalue weighted by molar-refractivity contribution is 0.556. The van der Waals surface area contributed by atoms with E-state index in [4.69, 9.17) is 5.73 Å². The van der Waals surface area contributed by atoms with E-state index in [9.17, 15) is 12.8 Å². The van der Waals surface area contributed by atoms with Gasteiger partial charge in [-0.3, -0.25) is 5.10 Å². The van der Waals surface area contributed by atoms with E-state index in [1.807, 2.05) is 0 Å². The highest BCUT2D eigenvalue weighted by Crippen LogP contribution is 2.26. The molecule has 0 aliphatic carbocycles. The lowest BCUT2D eigenvalue weighted by atomic mass is 10.3. The van der Waals surface area contributed by atoms with Crippen LogP contribution in [0.15, 0.2) is 33.9 Å². The van der Waals surface area contributed by atoms with Gasteiger partial charge >= 0.3 is 0 Å². The molecule has 0 atom stereocenters. The summed E-state index contributed by atoms with van der Waals surface area (Å²) in [4.78, 5) is -0.489. The number of nitrogen functional groups attached to an aromatic ring is 1. The summed E-state index contributed by atoms with van der Waals surface area (Å²) in [6, 6.07) is 2.08. The Hall–Kier alpha value is -1.45. The molecule has 0 unspecified atom stereocenters. The lowest BCUT2D eigenvalue weighted by Gasteiger charge is -2.08. The van der Waals surface area contributed by atoms with Crippen LogP contribution in [0.1, 0.15) is 5.56 Å². The number of aromatic amines is 1. The number of nitrogens with two attached hydrogens (primary N) is 1. The molecular formula is C10H10BrFN4O2S. The van der Waals surface area contributed by atoms with Crippen LogP contribution < -0.4 is 10.5 Å². The molecule has 0 aliphatic heterocycles. The molecule has 0 saturated heterocycles. The van der Waals surface area contributed by atoms with Gasteiger partial charge in [0.05, 0.1) is 6.20 Å². The fourth-order valence-electron chi connectivity index (χ4n) is 1.38. The standard InChI is InChI=1S/C10H10BrFN4O2S/c11-7-1-8(12)10(2-9(7)13)19(17,18)16-5-6-3-14-15-4-6/h1-4,16H,5,13H2,(H,14,15). The van der Waals surface area contributed by atoms with Crippen molar-refractivity contribution in [3.8, 4) is 0 Å². The van der Waals surface area contributed by atoms with Crippen LogP contribution in [0.3, 0.4) is 0 Å². The summed E-state index contributed by atoms with van der Waals surface area (Å²) in [5.41, 5.74) is 6.33. The van der Waals surface area contributed by atoms with E-state index in [0.29, 0.717) is 10.0 Å². The third-order valence-corrected chi connectivity index (χ3v) is 4.46. The van der Waals surface area contributed by atoms with E-state index in [2.05, 4.69) is 30.8 Å². The van der Waals surface area contributed by atoms with E-state index in [-0.39, 0.29) is 12.2 Å². The van der Waals surface area contributed by atoms with Gasteiger partial charge in [0.2, 0.25) is 10.0 Å². The second-order valence-electron chi connectivity index (χ2n) is 3.74. The second kappa shape index (κ2) is 5.27. The average Bonchev–Trinajstić information content (AvgIpc) is 2.84. The molecule has 0 spiro atoms. The van der Waals surface area contributed by atoms with Crippen LogP contribution in [0.25, 0.3) is 0 Å². The molecule has 0 amide bonds. The highest BCUT2D eigenvalue weighted by Gasteiger charge is 2.20. The van der Waals surface area contributed by atoms with Crippen molar-refractivity contribution >= 4 is 31.6 Å². The molecule has 1 heterocycles. The molecule has 0 radical (unpaired) electrons. The van der Waals surface area contributed by atoms with Crippen LogP contribution in [0.2, 0.25) is 0 Å². The van der Waals surface area contributed by atoms with Gasteiger partial charge in [-0.25, -0.2) is 17.5 Å². The first kappa shape index (κ1) is 14.0. The third-order valence-electron chi connectivity index (χ3n) is 2.36. The molecule has 1 aromatic heterocycles. The summed E-state index contributed by atoms with van der Waals surface area (Å²) < 4.78 is 40.2. The van der Waals surface area contributed by atoms with Crippen LogP contribution in [0.4, 0.5) is 10.1 Å². The predicted molar refractivity (Wildman–Crippen MR) is 71.1 cm³/mol. The van der Waals surface area contributed by atoms with E-state index >= 15 is 0 Å². The number of hydrogen-bond acceptors (Lipinski definition) is 4. The van der Waals surface area contributed by atoms with Gasteiger partial charge in [0, 0.05) is 28.5 Å². The third kappa shape index (κ3) is 3.11. The Kier molecular flexibility index (Phi) is 3.88. The molecule has 1 aromatic carbocycles. The van der Waals surface area contributed by atoms with E-state index in [1.54, 1.807) is 0 Å². The Morgan fingerprint density at radius 1 is 1.47 bits per heavy atom. The first-order chi connectivity index (χ1) is 8.90. The summed E-state index contributed by atoms with van der Waals surface area (Å²) in [5.74, 6) is -0.874. The molecule has 0 saturated carbocycles. The van der Waals surface area contributed by atoms with Gasteiger partial charge in [0.25, 0.3) is 0 Å². The minimum Gasteiger partial charge on any atom is -0.398 e. The summed E-state index contributed by atoms with van der Waals surface area (Å²) in [7, 11) is -3.97. The molecule has 0 aliphatic rings. The van der Waals surface area contributed by atoms with E-state index in [0.717, 1.165) is 12.1 Å². The van der Waals surface area contributed by atoms with E-state index in [1.165, 1.54) is 12.4 Å². The zero-order chi connectivity index (χ0) is 14.0. The Labute approximate surface area is 117 Å². The molecule has 2 rings (SSSR count). The van der Waals surface area contributed by atoms with Crippen LogP contribution in [0, 0.1) is 5.82 Å². The van der Waals surface area contributed by atoms with Crippen molar-refractivity contribution in [1.82, 2.24) is 14.9 Å². The van der Waals surface area contributed by atoms with Gasteiger partial charge in [0.1, 0.15) is 10.7 Å². The Balaban J connectivity index is 2.27. The molecular weight excluding hydrogens is 339 g/mol. The summed E-state index contributed by atoms with van der Waals surface area (Å²) in [6.07, 6.45) is 3.00. The summed E-state index contributed by atoms with van der Waals surface area (Å²) >= 11 is 3.02. The van der Waals surface area contributed by atoms with Gasteiger partial charge in [0.15, 0.2) is 0 Å². The molecule has 102 valence electrons. The second-order valence-corrected chi connectivity index (χ2v) is 6.32. The minimum atomic E-state index is -3.97. The smallest absolute Gasteiger partial charge is 0.243 e. The van der Waals surface area contributed by atoms with Crippen molar-refractivity contribution in [2.75, 3.05) is 5.73 Å². The van der Waals surface area contributed by atoms with Crippen LogP contribution >= 0.6 is 15.9 Å². The number of H-pyrrole nitrogens is 1. The van der Waals surface area contributed by atoms with Gasteiger partial charge in [-0.1, -0.05) is 0 Å². The number of aromatic nitrogens is 2. The fourth-order valence-corrected chi connectivity index (χ4v) is 2.81. The van der Waals surface area contributed by atoms with Crippen LogP contribution in [-0.4, -0.2) is 18.6 Å². The Bertz CT molecular complexity index is 688. The van der Waals surface area contributed by atoms with Crippen molar-refractivity contribution in [3.05, 3.63) is 40.4 Å². The van der Waals surface area contributed by atoms with Gasteiger partial charge in [-0.05, 0) is 28.1 Å². The molecule has 19 heavy (non-hydrogen) atoms. The number of nitrogens with zero attached hydrogens (tertiary/aromatic N) is 1. The van der Waals surface area contributed by atoms with Crippen molar-refractivity contribution < 1.29 is 12.8 Å². The summed E-state index contributed by atoms with van der Waals surface area (Å²) in [5, 5.41) is 6.23. The van der Waals surface area contributed by atoms with Crippen molar-refractivity contribution in [2.45, 2.75) is 11.4 Å². The van der Waals surface area contributed by atoms with Crippen molar-refractivity contribution in [2.24, 2.45) is 0 Å². The fraction of sp³-hybridized carbons (Fsp3) is 0.100. The normalized spacial score (nSPS) is 11.7. The molecule has 6 nitrogen and oxygen atoms in total. The molecule has 9 heteroatoms. The predicted octanol–water partition coefficient (Wildman–Crippen LogP) is 1.37. The van der Waals surface area contributed by atoms with Gasteiger partial charge < -0.3 is 5.73 Å². The van der Waals surface area contributed by atoms with Gasteiger partial charge in [-0.15, -0.1) is 0 Å². The average molecular weight is 349 g/mol. The van der Waals surface area contributed by atoms with Crippen molar-refractivity contribution in [3.63, 3.8) is 0 Å². The maximum absolute atomic E-state index is 13.7. The molecule has 4 N–H and O–H groups in total. The van der Waals surface area contributed by atoms with Crippen LogP contribution in [0.5, 0.6) is 0 Å². The lowest BCUT2D eigenvalue weighted by Crippen LogP contribution is -2.24. The van der Waals surface area contributed by atoms with Gasteiger partial charge in [-0.2, -0.15) is 5.10 Å². The maximum Gasteiger partial charge on any atom is 0.243 e. The van der Waals surface area contributed by atoms with Crippen molar-refractivity contribution in [1.29, 1.82) is 0 Å². The number of benzene rings is 1. The Morgan fingerprint density at radius 2 is 2.21 bits per heavy atom. The molecule has 0 fully saturated rings. The van der Waals surface area contributed by atoms with Crippen LogP contribution in [-0.2, 0) is 16.6 Å². The van der Waals surface area contributed by atoms with E-state index < -0.39 is 20.7 Å². The molecule has 2 aromatic rings. The topological polar surface area (TPSA) is 101 Å². The number of sulfonamides is 1. The number of hydrogen-bond donors (Lipinski definition) is 3. The maximum atomic E-state index is 13.7. The zero-order valence-electron chi connectivity index (χ0n) is 9.52. The largest absolute Gasteiger partial charge is 0.398 e. The minimum absolute atomic E-state index is 0.00818. The number of nitrogens with one attached hydrogen (secondary N) is 2. The quantitative estimate of drug-likeness (QED) is 0.726. The monoisotopic (exact) mass is 348 g/mol. The number of halogens is 2. The zero-order valence-corrected chi connectivity index (χ0v) is 11.9. The SMILES string of the molecule is Nc1cc(S(=O)(=O)NCc2cn[nH]c2)c(F)cc1Br. The number of rotatable bonds is 4.